The predicted molar refractivity (Wildman–Crippen MR) is 80.4 cm³/mol. The fourth-order valence-corrected chi connectivity index (χ4v) is 3.05. The van der Waals surface area contributed by atoms with E-state index >= 15 is 0 Å². The van der Waals surface area contributed by atoms with E-state index in [0.717, 1.165) is 17.6 Å². The van der Waals surface area contributed by atoms with Gasteiger partial charge in [0.1, 0.15) is 11.8 Å². The quantitative estimate of drug-likeness (QED) is 0.872. The smallest absolute Gasteiger partial charge is 0.128 e. The van der Waals surface area contributed by atoms with Crippen LogP contribution in [0.4, 0.5) is 11.4 Å². The van der Waals surface area contributed by atoms with Crippen LogP contribution in [0.1, 0.15) is 38.2 Å². The van der Waals surface area contributed by atoms with Gasteiger partial charge in [0.05, 0.1) is 29.2 Å². The van der Waals surface area contributed by atoms with E-state index in [-0.39, 0.29) is 0 Å². The molecule has 0 bridgehead atoms. The van der Waals surface area contributed by atoms with Crippen LogP contribution in [-0.4, -0.2) is 15.7 Å². The highest BCUT2D eigenvalue weighted by atomic mass is 16.3. The molecule has 1 fully saturated rings. The first kappa shape index (κ1) is 13.6. The molecule has 0 radical (unpaired) electrons. The van der Waals surface area contributed by atoms with E-state index in [2.05, 4.69) is 28.6 Å². The van der Waals surface area contributed by atoms with Crippen LogP contribution in [0.5, 0.6) is 0 Å². The predicted octanol–water partition coefficient (Wildman–Crippen LogP) is 3.59. The normalized spacial score (nSPS) is 21.9. The summed E-state index contributed by atoms with van der Waals surface area (Å²) >= 11 is 0. The number of aromatic nitrogens is 2. The van der Waals surface area contributed by atoms with E-state index in [1.165, 1.54) is 25.5 Å². The lowest BCUT2D eigenvalue weighted by Crippen LogP contribution is -2.30. The van der Waals surface area contributed by atoms with Gasteiger partial charge in [-0.05, 0) is 30.0 Å². The zero-order valence-electron chi connectivity index (χ0n) is 11.9. The highest BCUT2D eigenvalue weighted by molar-refractivity contribution is 5.80. The SMILES string of the molecule is C[C@@H]1CCCC[C@@H]1Nc1c(C#N)cnn2cc(N=O)cc12. The van der Waals surface area contributed by atoms with Crippen molar-refractivity contribution in [2.45, 2.75) is 38.6 Å². The number of hydrogen-bond acceptors (Lipinski definition) is 5. The third kappa shape index (κ3) is 2.47. The van der Waals surface area contributed by atoms with E-state index in [0.29, 0.717) is 23.2 Å². The van der Waals surface area contributed by atoms with Gasteiger partial charge in [0.15, 0.2) is 0 Å². The van der Waals surface area contributed by atoms with E-state index < -0.39 is 0 Å². The average molecular weight is 283 g/mol. The van der Waals surface area contributed by atoms with Crippen molar-refractivity contribution in [2.75, 3.05) is 5.32 Å². The van der Waals surface area contributed by atoms with Crippen LogP contribution in [-0.2, 0) is 0 Å². The maximum absolute atomic E-state index is 10.7. The second-order valence-electron chi connectivity index (χ2n) is 5.68. The summed E-state index contributed by atoms with van der Waals surface area (Å²) in [5.41, 5.74) is 2.29. The zero-order chi connectivity index (χ0) is 14.8. The van der Waals surface area contributed by atoms with Crippen LogP contribution in [0.25, 0.3) is 5.52 Å². The molecule has 0 aromatic carbocycles. The Morgan fingerprint density at radius 3 is 3.00 bits per heavy atom. The summed E-state index contributed by atoms with van der Waals surface area (Å²) < 4.78 is 1.59. The van der Waals surface area contributed by atoms with Gasteiger partial charge in [-0.3, -0.25) is 0 Å². The molecule has 2 heterocycles. The summed E-state index contributed by atoms with van der Waals surface area (Å²) in [6.07, 6.45) is 7.85. The Hall–Kier alpha value is -2.42. The van der Waals surface area contributed by atoms with Gasteiger partial charge in [0.25, 0.3) is 0 Å². The first-order valence-corrected chi connectivity index (χ1v) is 7.24. The van der Waals surface area contributed by atoms with Gasteiger partial charge < -0.3 is 5.32 Å². The van der Waals surface area contributed by atoms with Gasteiger partial charge in [-0.25, -0.2) is 4.52 Å². The van der Waals surface area contributed by atoms with Crippen molar-refractivity contribution in [3.8, 4) is 6.07 Å². The average Bonchev–Trinajstić information content (AvgIpc) is 2.93. The van der Waals surface area contributed by atoms with Crippen molar-refractivity contribution in [3.05, 3.63) is 28.9 Å². The molecule has 0 saturated heterocycles. The summed E-state index contributed by atoms with van der Waals surface area (Å²) in [5, 5.41) is 19.9. The molecule has 21 heavy (non-hydrogen) atoms. The van der Waals surface area contributed by atoms with Gasteiger partial charge in [0.2, 0.25) is 0 Å². The Balaban J connectivity index is 2.04. The minimum Gasteiger partial charge on any atom is -0.379 e. The number of nitrogens with zero attached hydrogens (tertiary/aromatic N) is 4. The molecule has 2 atom stereocenters. The Morgan fingerprint density at radius 2 is 2.29 bits per heavy atom. The summed E-state index contributed by atoms with van der Waals surface area (Å²) in [7, 11) is 0. The van der Waals surface area contributed by atoms with E-state index in [9.17, 15) is 10.2 Å². The zero-order valence-corrected chi connectivity index (χ0v) is 11.9. The number of anilines is 1. The molecule has 6 nitrogen and oxygen atoms in total. The van der Waals surface area contributed by atoms with E-state index in [1.807, 2.05) is 0 Å². The van der Waals surface area contributed by atoms with Crippen molar-refractivity contribution < 1.29 is 0 Å². The largest absolute Gasteiger partial charge is 0.379 e. The van der Waals surface area contributed by atoms with Crippen molar-refractivity contribution in [2.24, 2.45) is 11.1 Å². The fourth-order valence-electron chi connectivity index (χ4n) is 3.05. The second-order valence-corrected chi connectivity index (χ2v) is 5.68. The number of fused-ring (bicyclic) bond motifs is 1. The van der Waals surface area contributed by atoms with E-state index in [4.69, 9.17) is 0 Å². The molecule has 108 valence electrons. The molecule has 0 spiro atoms. The minimum atomic E-state index is 0.317. The molecular weight excluding hydrogens is 266 g/mol. The molecule has 1 aliphatic rings. The van der Waals surface area contributed by atoms with Gasteiger partial charge in [-0.1, -0.05) is 19.8 Å². The summed E-state index contributed by atoms with van der Waals surface area (Å²) in [4.78, 5) is 10.7. The van der Waals surface area contributed by atoms with Gasteiger partial charge >= 0.3 is 0 Å². The summed E-state index contributed by atoms with van der Waals surface area (Å²) in [6.45, 7) is 2.23. The highest BCUT2D eigenvalue weighted by Crippen LogP contribution is 2.31. The summed E-state index contributed by atoms with van der Waals surface area (Å²) in [6, 6.07) is 4.18. The molecule has 0 unspecified atom stereocenters. The van der Waals surface area contributed by atoms with Crippen molar-refractivity contribution in [1.82, 2.24) is 9.61 Å². The molecular formula is C15H17N5O. The van der Waals surface area contributed by atoms with Crippen LogP contribution in [0.2, 0.25) is 0 Å². The lowest BCUT2D eigenvalue weighted by molar-refractivity contribution is 0.349. The van der Waals surface area contributed by atoms with Crippen molar-refractivity contribution in [1.29, 1.82) is 5.26 Å². The molecule has 2 aromatic rings. The fraction of sp³-hybridized carbons (Fsp3) is 0.467. The lowest BCUT2D eigenvalue weighted by atomic mass is 9.85. The van der Waals surface area contributed by atoms with Crippen LogP contribution < -0.4 is 5.32 Å². The monoisotopic (exact) mass is 283 g/mol. The van der Waals surface area contributed by atoms with Gasteiger partial charge in [-0.2, -0.15) is 10.4 Å². The Kier molecular flexibility index (Phi) is 3.57. The molecule has 1 aliphatic carbocycles. The Morgan fingerprint density at radius 1 is 1.48 bits per heavy atom. The Bertz CT molecular complexity index is 715. The van der Waals surface area contributed by atoms with Crippen LogP contribution in [0.3, 0.4) is 0 Å². The number of nitrogens with one attached hydrogen (secondary N) is 1. The van der Waals surface area contributed by atoms with Crippen molar-refractivity contribution in [3.63, 3.8) is 0 Å². The molecule has 1 saturated carbocycles. The lowest BCUT2D eigenvalue weighted by Gasteiger charge is -2.30. The topological polar surface area (TPSA) is 82.6 Å². The van der Waals surface area contributed by atoms with Crippen molar-refractivity contribution >= 4 is 16.9 Å². The maximum atomic E-state index is 10.7. The molecule has 0 aliphatic heterocycles. The number of rotatable bonds is 3. The maximum Gasteiger partial charge on any atom is 0.128 e. The Labute approximate surface area is 122 Å². The first-order valence-electron chi connectivity index (χ1n) is 7.24. The van der Waals surface area contributed by atoms with Gasteiger partial charge in [0, 0.05) is 6.04 Å². The molecule has 0 amide bonds. The number of nitriles is 1. The molecule has 3 rings (SSSR count). The number of hydrogen-bond donors (Lipinski definition) is 1. The molecule has 6 heteroatoms. The minimum absolute atomic E-state index is 0.317. The number of nitroso groups, excluding NO2 is 1. The molecule has 2 aromatic heterocycles. The van der Waals surface area contributed by atoms with E-state index in [1.54, 1.807) is 16.8 Å². The third-order valence-electron chi connectivity index (χ3n) is 4.29. The summed E-state index contributed by atoms with van der Waals surface area (Å²) in [5.74, 6) is 0.567. The standard InChI is InChI=1S/C15H17N5O/c1-10-4-2-3-5-13(10)18-15-11(7-16)8-17-20-9-12(19-21)6-14(15)20/h6,8-10,13,18H,2-5H2,1H3/t10-,13+/m1/s1. The first-order chi connectivity index (χ1) is 10.2. The second kappa shape index (κ2) is 5.52. The van der Waals surface area contributed by atoms with Gasteiger partial charge in [-0.15, -0.1) is 4.91 Å². The van der Waals surface area contributed by atoms with Crippen LogP contribution in [0.15, 0.2) is 23.6 Å². The molecule has 1 N–H and O–H groups in total. The highest BCUT2D eigenvalue weighted by Gasteiger charge is 2.23. The third-order valence-corrected chi connectivity index (χ3v) is 4.29. The van der Waals surface area contributed by atoms with Crippen LogP contribution in [0, 0.1) is 22.2 Å². The van der Waals surface area contributed by atoms with Crippen LogP contribution >= 0.6 is 0 Å².